The van der Waals surface area contributed by atoms with Crippen molar-refractivity contribution in [3.05, 3.63) is 28.2 Å². The number of hydrogen-bond acceptors (Lipinski definition) is 3. The minimum atomic E-state index is -0.0280. The maximum absolute atomic E-state index is 12.0. The van der Waals surface area contributed by atoms with Crippen LogP contribution in [-0.2, 0) is 4.79 Å². The third-order valence-corrected chi connectivity index (χ3v) is 3.48. The van der Waals surface area contributed by atoms with Crippen LogP contribution in [0.1, 0.15) is 6.42 Å². The van der Waals surface area contributed by atoms with E-state index in [1.165, 1.54) is 0 Å². The molecule has 0 saturated carbocycles. The highest BCUT2D eigenvalue weighted by Crippen LogP contribution is 2.27. The molecule has 1 N–H and O–H groups in total. The van der Waals surface area contributed by atoms with Gasteiger partial charge in [0.2, 0.25) is 0 Å². The van der Waals surface area contributed by atoms with Crippen molar-refractivity contribution >= 4 is 29.1 Å². The van der Waals surface area contributed by atoms with Gasteiger partial charge >= 0.3 is 0 Å². The van der Waals surface area contributed by atoms with E-state index in [4.69, 9.17) is 27.9 Å². The monoisotopic (exact) mass is 302 g/mol. The fraction of sp³-hybridized carbons (Fsp3) is 0.462. The highest BCUT2D eigenvalue weighted by Gasteiger charge is 2.16. The molecule has 1 amide bonds. The van der Waals surface area contributed by atoms with E-state index in [2.05, 4.69) is 5.32 Å². The van der Waals surface area contributed by atoms with Gasteiger partial charge < -0.3 is 15.0 Å². The van der Waals surface area contributed by atoms with E-state index >= 15 is 0 Å². The highest BCUT2D eigenvalue weighted by molar-refractivity contribution is 6.34. The summed E-state index contributed by atoms with van der Waals surface area (Å²) >= 11 is 11.8. The molecule has 0 aliphatic carbocycles. The van der Waals surface area contributed by atoms with E-state index in [0.29, 0.717) is 22.3 Å². The summed E-state index contributed by atoms with van der Waals surface area (Å²) in [5.41, 5.74) is 0. The van der Waals surface area contributed by atoms with Crippen molar-refractivity contribution in [3.8, 4) is 5.75 Å². The summed E-state index contributed by atoms with van der Waals surface area (Å²) in [6.45, 7) is 3.23. The zero-order valence-corrected chi connectivity index (χ0v) is 12.0. The normalized spacial score (nSPS) is 16.0. The van der Waals surface area contributed by atoms with Gasteiger partial charge in [-0.1, -0.05) is 23.2 Å². The average molecular weight is 303 g/mol. The summed E-state index contributed by atoms with van der Waals surface area (Å²) in [4.78, 5) is 13.8. The van der Waals surface area contributed by atoms with Crippen molar-refractivity contribution in [3.63, 3.8) is 0 Å². The molecule has 1 saturated heterocycles. The quantitative estimate of drug-likeness (QED) is 0.931. The SMILES string of the molecule is O=C(COc1cc(Cl)ccc1Cl)N1CCCNCC1. The van der Waals surface area contributed by atoms with E-state index < -0.39 is 0 Å². The Morgan fingerprint density at radius 3 is 3.00 bits per heavy atom. The van der Waals surface area contributed by atoms with Gasteiger partial charge in [0.1, 0.15) is 5.75 Å². The lowest BCUT2D eigenvalue weighted by Crippen LogP contribution is -2.37. The van der Waals surface area contributed by atoms with E-state index in [1.54, 1.807) is 23.1 Å². The van der Waals surface area contributed by atoms with Crippen molar-refractivity contribution in [2.75, 3.05) is 32.8 Å². The molecule has 1 fully saturated rings. The van der Waals surface area contributed by atoms with E-state index in [-0.39, 0.29) is 12.5 Å². The van der Waals surface area contributed by atoms with Crippen LogP contribution in [0.15, 0.2) is 18.2 Å². The Kier molecular flexibility index (Phi) is 5.31. The number of halogens is 2. The van der Waals surface area contributed by atoms with Crippen LogP contribution in [0, 0.1) is 0 Å². The number of ether oxygens (including phenoxy) is 1. The molecular formula is C13H16Cl2N2O2. The van der Waals surface area contributed by atoms with Crippen molar-refractivity contribution in [2.24, 2.45) is 0 Å². The number of carbonyl (C=O) groups excluding carboxylic acids is 1. The van der Waals surface area contributed by atoms with Crippen molar-refractivity contribution < 1.29 is 9.53 Å². The van der Waals surface area contributed by atoms with E-state index in [9.17, 15) is 4.79 Å². The van der Waals surface area contributed by atoms with Gasteiger partial charge in [0.05, 0.1) is 5.02 Å². The maximum atomic E-state index is 12.0. The Morgan fingerprint density at radius 1 is 1.32 bits per heavy atom. The van der Waals surface area contributed by atoms with Crippen LogP contribution in [0.4, 0.5) is 0 Å². The van der Waals surface area contributed by atoms with Crippen molar-refractivity contribution in [1.29, 1.82) is 0 Å². The van der Waals surface area contributed by atoms with Crippen LogP contribution in [0.3, 0.4) is 0 Å². The first kappa shape index (κ1) is 14.4. The number of amides is 1. The fourth-order valence-corrected chi connectivity index (χ4v) is 2.25. The fourth-order valence-electron chi connectivity index (χ4n) is 1.91. The molecule has 0 unspecified atom stereocenters. The van der Waals surface area contributed by atoms with E-state index in [0.717, 1.165) is 26.1 Å². The zero-order chi connectivity index (χ0) is 13.7. The molecule has 1 heterocycles. The summed E-state index contributed by atoms with van der Waals surface area (Å²) in [5.74, 6) is 0.412. The topological polar surface area (TPSA) is 41.6 Å². The van der Waals surface area contributed by atoms with Gasteiger partial charge in [-0.25, -0.2) is 0 Å². The summed E-state index contributed by atoms with van der Waals surface area (Å²) in [5, 5.41) is 4.24. The van der Waals surface area contributed by atoms with Gasteiger partial charge in [-0.05, 0) is 25.1 Å². The molecule has 1 aromatic carbocycles. The number of carbonyl (C=O) groups is 1. The number of rotatable bonds is 3. The number of nitrogens with one attached hydrogen (secondary N) is 1. The maximum Gasteiger partial charge on any atom is 0.260 e. The molecular weight excluding hydrogens is 287 g/mol. The zero-order valence-electron chi connectivity index (χ0n) is 10.5. The highest BCUT2D eigenvalue weighted by atomic mass is 35.5. The van der Waals surface area contributed by atoms with Gasteiger partial charge in [0.15, 0.2) is 6.61 Å². The molecule has 0 aromatic heterocycles. The minimum Gasteiger partial charge on any atom is -0.482 e. The Hall–Kier alpha value is -0.970. The molecule has 6 heteroatoms. The molecule has 0 atom stereocenters. The lowest BCUT2D eigenvalue weighted by Gasteiger charge is -2.20. The third-order valence-electron chi connectivity index (χ3n) is 2.94. The van der Waals surface area contributed by atoms with Gasteiger partial charge in [-0.3, -0.25) is 4.79 Å². The molecule has 2 rings (SSSR count). The Bertz CT molecular complexity index is 446. The van der Waals surface area contributed by atoms with Gasteiger partial charge in [0, 0.05) is 30.7 Å². The molecule has 1 aliphatic rings. The lowest BCUT2D eigenvalue weighted by atomic mass is 10.3. The molecule has 1 aliphatic heterocycles. The molecule has 0 spiro atoms. The summed E-state index contributed by atoms with van der Waals surface area (Å²) in [6.07, 6.45) is 0.962. The molecule has 4 nitrogen and oxygen atoms in total. The summed E-state index contributed by atoms with van der Waals surface area (Å²) < 4.78 is 5.45. The molecule has 0 bridgehead atoms. The minimum absolute atomic E-state index is 0.0138. The average Bonchev–Trinajstić information content (AvgIpc) is 2.68. The number of nitrogens with zero attached hydrogens (tertiary/aromatic N) is 1. The number of benzene rings is 1. The first-order valence-corrected chi connectivity index (χ1v) is 6.99. The Balaban J connectivity index is 1.90. The lowest BCUT2D eigenvalue weighted by molar-refractivity contribution is -0.133. The summed E-state index contributed by atoms with van der Waals surface area (Å²) in [7, 11) is 0. The first-order valence-electron chi connectivity index (χ1n) is 6.23. The van der Waals surface area contributed by atoms with E-state index in [1.807, 2.05) is 0 Å². The largest absolute Gasteiger partial charge is 0.482 e. The van der Waals surface area contributed by atoms with Crippen LogP contribution in [0.25, 0.3) is 0 Å². The second-order valence-corrected chi connectivity index (χ2v) is 5.19. The predicted molar refractivity (Wildman–Crippen MR) is 76.0 cm³/mol. The van der Waals surface area contributed by atoms with Crippen LogP contribution in [0.5, 0.6) is 5.75 Å². The molecule has 19 heavy (non-hydrogen) atoms. The summed E-state index contributed by atoms with van der Waals surface area (Å²) in [6, 6.07) is 4.94. The molecule has 0 radical (unpaired) electrons. The molecule has 1 aromatic rings. The van der Waals surface area contributed by atoms with Crippen LogP contribution in [-0.4, -0.2) is 43.6 Å². The predicted octanol–water partition coefficient (Wildman–Crippen LogP) is 2.19. The van der Waals surface area contributed by atoms with Crippen molar-refractivity contribution in [2.45, 2.75) is 6.42 Å². The van der Waals surface area contributed by atoms with Crippen LogP contribution >= 0.6 is 23.2 Å². The Labute approximate surface area is 122 Å². The number of hydrogen-bond donors (Lipinski definition) is 1. The third kappa shape index (κ3) is 4.27. The van der Waals surface area contributed by atoms with Gasteiger partial charge in [-0.15, -0.1) is 0 Å². The Morgan fingerprint density at radius 2 is 2.16 bits per heavy atom. The van der Waals surface area contributed by atoms with Gasteiger partial charge in [-0.2, -0.15) is 0 Å². The first-order chi connectivity index (χ1) is 9.16. The molecule has 104 valence electrons. The van der Waals surface area contributed by atoms with Crippen molar-refractivity contribution in [1.82, 2.24) is 10.2 Å². The standard InChI is InChI=1S/C13H16Cl2N2O2/c14-10-2-3-11(15)12(8-10)19-9-13(18)17-6-1-4-16-5-7-17/h2-3,8,16H,1,4-7,9H2. The van der Waals surface area contributed by atoms with Gasteiger partial charge in [0.25, 0.3) is 5.91 Å². The second kappa shape index (κ2) is 6.98. The van der Waals surface area contributed by atoms with Crippen LogP contribution in [0.2, 0.25) is 10.0 Å². The second-order valence-electron chi connectivity index (χ2n) is 4.35. The van der Waals surface area contributed by atoms with Crippen LogP contribution < -0.4 is 10.1 Å². The smallest absolute Gasteiger partial charge is 0.260 e.